The molecule has 0 saturated carbocycles. The molecule has 0 bridgehead atoms. The van der Waals surface area contributed by atoms with Crippen molar-refractivity contribution in [3.8, 4) is 0 Å². The van der Waals surface area contributed by atoms with Crippen molar-refractivity contribution in [1.82, 2.24) is 0 Å². The molecular formula is C20H22. The molecule has 0 aliphatic carbocycles. The minimum atomic E-state index is 0.969. The molecule has 2 aromatic rings. The summed E-state index contributed by atoms with van der Waals surface area (Å²) in [5.41, 5.74) is 7.83. The van der Waals surface area contributed by atoms with Gasteiger partial charge in [0.2, 0.25) is 0 Å². The van der Waals surface area contributed by atoms with Gasteiger partial charge in [0.15, 0.2) is 0 Å². The summed E-state index contributed by atoms with van der Waals surface area (Å²) in [4.78, 5) is 0. The molecule has 2 rings (SSSR count). The zero-order valence-electron chi connectivity index (χ0n) is 12.6. The average Bonchev–Trinajstić information content (AvgIpc) is 2.42. The van der Waals surface area contributed by atoms with E-state index in [1.807, 2.05) is 6.08 Å². The van der Waals surface area contributed by atoms with E-state index in [1.165, 1.54) is 33.4 Å². The van der Waals surface area contributed by atoms with Crippen LogP contribution in [0.4, 0.5) is 0 Å². The van der Waals surface area contributed by atoms with Gasteiger partial charge < -0.3 is 0 Å². The Morgan fingerprint density at radius 1 is 1.05 bits per heavy atom. The predicted octanol–water partition coefficient (Wildman–Crippen LogP) is 5.59. The van der Waals surface area contributed by atoms with E-state index in [4.69, 9.17) is 0 Å². The normalized spacial score (nSPS) is 11.4. The lowest BCUT2D eigenvalue weighted by Gasteiger charge is -2.09. The van der Waals surface area contributed by atoms with Gasteiger partial charge in [-0.1, -0.05) is 72.3 Å². The summed E-state index contributed by atoms with van der Waals surface area (Å²) >= 11 is 0. The third-order valence-electron chi connectivity index (χ3n) is 3.58. The van der Waals surface area contributed by atoms with Crippen molar-refractivity contribution < 1.29 is 0 Å². The minimum absolute atomic E-state index is 0.969. The fourth-order valence-electron chi connectivity index (χ4n) is 2.49. The van der Waals surface area contributed by atoms with Crippen LogP contribution in [0.3, 0.4) is 0 Å². The summed E-state index contributed by atoms with van der Waals surface area (Å²) in [5.74, 6) is 0. The van der Waals surface area contributed by atoms with Crippen LogP contribution in [0.25, 0.3) is 12.2 Å². The number of hydrogen-bond acceptors (Lipinski definition) is 0. The lowest BCUT2D eigenvalue weighted by Crippen LogP contribution is -1.93. The van der Waals surface area contributed by atoms with Crippen LogP contribution in [-0.4, -0.2) is 0 Å². The van der Waals surface area contributed by atoms with Crippen molar-refractivity contribution in [2.24, 2.45) is 0 Å². The van der Waals surface area contributed by atoms with Crippen LogP contribution >= 0.6 is 0 Å². The molecule has 0 amide bonds. The molecule has 0 saturated heterocycles. The number of rotatable bonds is 4. The Hall–Kier alpha value is -2.08. The maximum Gasteiger partial charge on any atom is -0.00605 e. The molecule has 0 radical (unpaired) electrons. The summed E-state index contributed by atoms with van der Waals surface area (Å²) in [6.45, 7) is 10.4. The highest BCUT2D eigenvalue weighted by molar-refractivity contribution is 5.59. The Bertz CT molecular complexity index is 628. The first-order valence-electron chi connectivity index (χ1n) is 7.05. The summed E-state index contributed by atoms with van der Waals surface area (Å²) in [5, 5.41) is 0. The van der Waals surface area contributed by atoms with Crippen LogP contribution in [-0.2, 0) is 6.42 Å². The number of aryl methyl sites for hydroxylation is 2. The smallest absolute Gasteiger partial charge is 0.00605 e. The first kappa shape index (κ1) is 14.3. The van der Waals surface area contributed by atoms with Gasteiger partial charge in [0.1, 0.15) is 0 Å². The average molecular weight is 262 g/mol. The van der Waals surface area contributed by atoms with E-state index in [0.29, 0.717) is 0 Å². The van der Waals surface area contributed by atoms with Crippen molar-refractivity contribution in [3.63, 3.8) is 0 Å². The Labute approximate surface area is 122 Å². The SMILES string of the molecule is C=Cc1c(C)cccc1C/C(C)=C\c1ccc(C)cc1. The van der Waals surface area contributed by atoms with E-state index < -0.39 is 0 Å². The molecule has 0 aliphatic rings. The number of allylic oxidation sites excluding steroid dienone is 1. The van der Waals surface area contributed by atoms with Gasteiger partial charge in [-0.3, -0.25) is 0 Å². The van der Waals surface area contributed by atoms with Crippen molar-refractivity contribution in [1.29, 1.82) is 0 Å². The van der Waals surface area contributed by atoms with E-state index in [0.717, 1.165) is 6.42 Å². The minimum Gasteiger partial charge on any atom is -0.0984 e. The number of benzene rings is 2. The molecule has 0 fully saturated rings. The molecule has 0 heteroatoms. The lowest BCUT2D eigenvalue weighted by atomic mass is 9.96. The Morgan fingerprint density at radius 2 is 1.75 bits per heavy atom. The standard InChI is InChI=1S/C20H22/c1-5-20-17(4)7-6-8-19(20)14-16(3)13-18-11-9-15(2)10-12-18/h5-13H,1,14H2,2-4H3/b16-13-. The molecule has 0 N–H and O–H groups in total. The Kier molecular flexibility index (Phi) is 4.57. The van der Waals surface area contributed by atoms with Crippen LogP contribution in [0.5, 0.6) is 0 Å². The van der Waals surface area contributed by atoms with Gasteiger partial charge in [-0.2, -0.15) is 0 Å². The molecule has 0 atom stereocenters. The van der Waals surface area contributed by atoms with Gasteiger partial charge >= 0.3 is 0 Å². The summed E-state index contributed by atoms with van der Waals surface area (Å²) < 4.78 is 0. The highest BCUT2D eigenvalue weighted by atomic mass is 14.1. The second-order valence-electron chi connectivity index (χ2n) is 5.43. The second kappa shape index (κ2) is 6.38. The van der Waals surface area contributed by atoms with Gasteiger partial charge in [0.05, 0.1) is 0 Å². The fraction of sp³-hybridized carbons (Fsp3) is 0.200. The molecule has 0 heterocycles. The molecule has 0 unspecified atom stereocenters. The monoisotopic (exact) mass is 262 g/mol. The quantitative estimate of drug-likeness (QED) is 0.673. The van der Waals surface area contributed by atoms with E-state index >= 15 is 0 Å². The first-order valence-corrected chi connectivity index (χ1v) is 7.05. The van der Waals surface area contributed by atoms with E-state index in [1.54, 1.807) is 0 Å². The summed E-state index contributed by atoms with van der Waals surface area (Å²) in [6.07, 6.45) is 5.19. The first-order chi connectivity index (χ1) is 9.60. The maximum atomic E-state index is 3.93. The van der Waals surface area contributed by atoms with Crippen molar-refractivity contribution in [3.05, 3.63) is 82.4 Å². The molecule has 0 aromatic heterocycles. The second-order valence-corrected chi connectivity index (χ2v) is 5.43. The van der Waals surface area contributed by atoms with Crippen LogP contribution in [0, 0.1) is 13.8 Å². The van der Waals surface area contributed by atoms with Gasteiger partial charge in [-0.05, 0) is 49.4 Å². The van der Waals surface area contributed by atoms with Gasteiger partial charge in [-0.25, -0.2) is 0 Å². The highest BCUT2D eigenvalue weighted by Crippen LogP contribution is 2.20. The maximum absolute atomic E-state index is 3.93. The molecule has 0 nitrogen and oxygen atoms in total. The Morgan fingerprint density at radius 3 is 2.40 bits per heavy atom. The topological polar surface area (TPSA) is 0 Å². The van der Waals surface area contributed by atoms with E-state index in [-0.39, 0.29) is 0 Å². The Balaban J connectivity index is 2.23. The van der Waals surface area contributed by atoms with E-state index in [2.05, 4.69) is 75.9 Å². The molecule has 2 aromatic carbocycles. The van der Waals surface area contributed by atoms with Crippen molar-refractivity contribution in [2.75, 3.05) is 0 Å². The summed E-state index contributed by atoms with van der Waals surface area (Å²) in [7, 11) is 0. The highest BCUT2D eigenvalue weighted by Gasteiger charge is 2.03. The zero-order chi connectivity index (χ0) is 14.5. The molecular weight excluding hydrogens is 240 g/mol. The lowest BCUT2D eigenvalue weighted by molar-refractivity contribution is 1.14. The zero-order valence-corrected chi connectivity index (χ0v) is 12.6. The third kappa shape index (κ3) is 3.48. The van der Waals surface area contributed by atoms with Crippen LogP contribution in [0.1, 0.15) is 34.7 Å². The van der Waals surface area contributed by atoms with Crippen LogP contribution in [0.2, 0.25) is 0 Å². The predicted molar refractivity (Wildman–Crippen MR) is 89.8 cm³/mol. The molecule has 102 valence electrons. The van der Waals surface area contributed by atoms with E-state index in [9.17, 15) is 0 Å². The van der Waals surface area contributed by atoms with Crippen molar-refractivity contribution in [2.45, 2.75) is 27.2 Å². The van der Waals surface area contributed by atoms with Crippen molar-refractivity contribution >= 4 is 12.2 Å². The third-order valence-corrected chi connectivity index (χ3v) is 3.58. The van der Waals surface area contributed by atoms with Gasteiger partial charge in [0.25, 0.3) is 0 Å². The van der Waals surface area contributed by atoms with Crippen LogP contribution in [0.15, 0.2) is 54.6 Å². The molecule has 20 heavy (non-hydrogen) atoms. The largest absolute Gasteiger partial charge is 0.0984 e. The fourth-order valence-corrected chi connectivity index (χ4v) is 2.49. The summed E-state index contributed by atoms with van der Waals surface area (Å²) in [6, 6.07) is 15.1. The molecule has 0 spiro atoms. The molecule has 0 aliphatic heterocycles. The van der Waals surface area contributed by atoms with Crippen LogP contribution < -0.4 is 0 Å². The van der Waals surface area contributed by atoms with Gasteiger partial charge in [-0.15, -0.1) is 0 Å². The van der Waals surface area contributed by atoms with Gasteiger partial charge in [0, 0.05) is 0 Å². The number of hydrogen-bond donors (Lipinski definition) is 0.